The minimum absolute atomic E-state index is 0.00900. The molecule has 2 aromatic heterocycles. The maximum atomic E-state index is 14.8. The number of phenols is 1. The van der Waals surface area contributed by atoms with E-state index >= 15 is 0 Å². The van der Waals surface area contributed by atoms with Gasteiger partial charge in [-0.05, 0) is 94.0 Å². The van der Waals surface area contributed by atoms with Crippen molar-refractivity contribution in [3.05, 3.63) is 81.5 Å². The molecule has 9 nitrogen and oxygen atoms in total. The molecule has 1 saturated carbocycles. The van der Waals surface area contributed by atoms with Crippen LogP contribution < -0.4 is 0 Å². The van der Waals surface area contributed by atoms with Crippen molar-refractivity contribution >= 4 is 50.9 Å². The number of phenolic OH excluding ortho intramolecular Hbond substituents is 1. The molecule has 2 heterocycles. The zero-order valence-electron chi connectivity index (χ0n) is 28.2. The Bertz CT molecular complexity index is 1900. The first-order valence-electron chi connectivity index (χ1n) is 15.9. The highest BCUT2D eigenvalue weighted by Gasteiger charge is 2.35. The molecule has 49 heavy (non-hydrogen) atoms. The standard InChI is InChI=1S/C36H39ClF2N4O5S/c1-36(2,3)48-35(47)42(6)23-8-10-24(11-9-23)43(34(46)32-30(37)29-25(38)12-13-26(39)31(29)49-32)19-22-17-20(7-14-28(22)44)21-15-16-40-27(18-21)33(45)41(4)5/h7,12-18,23-24,44H,8-11,19H2,1-6H3. The zero-order valence-corrected chi connectivity index (χ0v) is 29.8. The topological polar surface area (TPSA) is 103 Å². The number of pyridine rings is 1. The van der Waals surface area contributed by atoms with E-state index in [1.807, 2.05) is 0 Å². The maximum absolute atomic E-state index is 14.8. The number of carbonyl (C=O) groups is 3. The van der Waals surface area contributed by atoms with Crippen molar-refractivity contribution in [1.82, 2.24) is 19.7 Å². The van der Waals surface area contributed by atoms with Crippen LogP contribution in [0.2, 0.25) is 5.02 Å². The molecular formula is C36H39ClF2N4O5S. The summed E-state index contributed by atoms with van der Waals surface area (Å²) < 4.78 is 35.0. The largest absolute Gasteiger partial charge is 0.508 e. The minimum atomic E-state index is -0.733. The number of carbonyl (C=O) groups excluding carboxylic acids is 3. The fourth-order valence-corrected chi connectivity index (χ4v) is 7.51. The van der Waals surface area contributed by atoms with E-state index in [9.17, 15) is 28.3 Å². The Hall–Kier alpha value is -4.29. The molecule has 1 N–H and O–H groups in total. The summed E-state index contributed by atoms with van der Waals surface area (Å²) in [6.45, 7) is 5.37. The van der Waals surface area contributed by atoms with E-state index in [-0.39, 0.29) is 56.0 Å². The van der Waals surface area contributed by atoms with Gasteiger partial charge in [-0.1, -0.05) is 17.7 Å². The SMILES string of the molecule is CN(C)C(=O)c1cc(-c2ccc(O)c(CN(C(=O)c3sc4c(F)ccc(F)c4c3Cl)C3CCC(N(C)C(=O)OC(C)(C)C)CC3)c2)ccn1. The van der Waals surface area contributed by atoms with Crippen LogP contribution in [-0.2, 0) is 11.3 Å². The number of hydrogen-bond acceptors (Lipinski definition) is 7. The van der Waals surface area contributed by atoms with Gasteiger partial charge in [0.1, 0.15) is 33.6 Å². The number of aromatic nitrogens is 1. The summed E-state index contributed by atoms with van der Waals surface area (Å²) in [6, 6.07) is 9.87. The highest BCUT2D eigenvalue weighted by Crippen LogP contribution is 2.41. The molecule has 0 aliphatic heterocycles. The number of fused-ring (bicyclic) bond motifs is 1. The lowest BCUT2D eigenvalue weighted by Gasteiger charge is -2.40. The Kier molecular flexibility index (Phi) is 10.5. The third kappa shape index (κ3) is 7.80. The Balaban J connectivity index is 1.49. The molecule has 5 rings (SSSR count). The van der Waals surface area contributed by atoms with Crippen molar-refractivity contribution < 1.29 is 33.0 Å². The number of benzene rings is 2. The molecule has 2 aromatic carbocycles. The summed E-state index contributed by atoms with van der Waals surface area (Å²) in [6.07, 6.45) is 3.26. The molecule has 13 heteroatoms. The molecule has 1 aliphatic carbocycles. The summed E-state index contributed by atoms with van der Waals surface area (Å²) in [5.74, 6) is -2.27. The van der Waals surface area contributed by atoms with Gasteiger partial charge in [-0.3, -0.25) is 14.6 Å². The number of rotatable bonds is 7. The van der Waals surface area contributed by atoms with Crippen LogP contribution >= 0.6 is 22.9 Å². The second-order valence-electron chi connectivity index (χ2n) is 13.4. The highest BCUT2D eigenvalue weighted by molar-refractivity contribution is 7.21. The van der Waals surface area contributed by atoms with Crippen LogP contribution in [0.3, 0.4) is 0 Å². The molecule has 4 aromatic rings. The smallest absolute Gasteiger partial charge is 0.410 e. The summed E-state index contributed by atoms with van der Waals surface area (Å²) in [5.41, 5.74) is 1.39. The van der Waals surface area contributed by atoms with E-state index in [0.29, 0.717) is 42.4 Å². The second kappa shape index (κ2) is 14.3. The normalized spacial score (nSPS) is 16.3. The van der Waals surface area contributed by atoms with Crippen molar-refractivity contribution in [2.45, 2.75) is 70.7 Å². The van der Waals surface area contributed by atoms with Crippen LogP contribution in [0.4, 0.5) is 13.6 Å². The molecule has 0 atom stereocenters. The molecule has 1 fully saturated rings. The summed E-state index contributed by atoms with van der Waals surface area (Å²) in [7, 11) is 4.97. The van der Waals surface area contributed by atoms with Crippen LogP contribution in [0.15, 0.2) is 48.7 Å². The molecule has 260 valence electrons. The fourth-order valence-electron chi connectivity index (χ4n) is 6.00. The van der Waals surface area contributed by atoms with Gasteiger partial charge in [0.15, 0.2) is 0 Å². The van der Waals surface area contributed by atoms with E-state index in [1.165, 1.54) is 17.2 Å². The number of thiophene rings is 1. The van der Waals surface area contributed by atoms with Gasteiger partial charge < -0.3 is 24.5 Å². The highest BCUT2D eigenvalue weighted by atomic mass is 35.5. The number of halogens is 3. The van der Waals surface area contributed by atoms with Gasteiger partial charge in [0.05, 0.1) is 15.1 Å². The molecular weight excluding hydrogens is 674 g/mol. The Morgan fingerprint density at radius 3 is 2.20 bits per heavy atom. The molecule has 0 bridgehead atoms. The summed E-state index contributed by atoms with van der Waals surface area (Å²) >= 11 is 7.37. The average molecular weight is 713 g/mol. The number of hydrogen-bond donors (Lipinski definition) is 1. The zero-order chi connectivity index (χ0) is 35.8. The first-order valence-corrected chi connectivity index (χ1v) is 17.1. The van der Waals surface area contributed by atoms with Crippen molar-refractivity contribution in [3.63, 3.8) is 0 Å². The van der Waals surface area contributed by atoms with Gasteiger partial charge in [-0.15, -0.1) is 11.3 Å². The summed E-state index contributed by atoms with van der Waals surface area (Å²) in [5, 5.41) is 10.7. The lowest BCUT2D eigenvalue weighted by Crippen LogP contribution is -2.47. The predicted molar refractivity (Wildman–Crippen MR) is 186 cm³/mol. The number of aromatic hydroxyl groups is 1. The van der Waals surface area contributed by atoms with Gasteiger partial charge in [-0.25, -0.2) is 13.6 Å². The van der Waals surface area contributed by atoms with Crippen LogP contribution in [0, 0.1) is 11.6 Å². The lowest BCUT2D eigenvalue weighted by molar-refractivity contribution is 0.0144. The molecule has 3 amide bonds. The number of ether oxygens (including phenoxy) is 1. The van der Waals surface area contributed by atoms with Crippen LogP contribution in [-0.4, -0.2) is 81.5 Å². The van der Waals surface area contributed by atoms with E-state index < -0.39 is 29.2 Å². The molecule has 0 spiro atoms. The first kappa shape index (κ1) is 36.0. The van der Waals surface area contributed by atoms with Crippen molar-refractivity contribution in [2.24, 2.45) is 0 Å². The predicted octanol–water partition coefficient (Wildman–Crippen LogP) is 8.12. The van der Waals surface area contributed by atoms with Gasteiger partial charge in [0.2, 0.25) is 0 Å². The number of amides is 3. The molecule has 0 radical (unpaired) electrons. The Morgan fingerprint density at radius 1 is 0.939 bits per heavy atom. The van der Waals surface area contributed by atoms with E-state index in [2.05, 4.69) is 4.98 Å². The van der Waals surface area contributed by atoms with Crippen molar-refractivity contribution in [2.75, 3.05) is 21.1 Å². The maximum Gasteiger partial charge on any atom is 0.410 e. The van der Waals surface area contributed by atoms with Gasteiger partial charge in [0, 0.05) is 51.5 Å². The Labute approximate surface area is 293 Å². The van der Waals surface area contributed by atoms with Crippen LogP contribution in [0.5, 0.6) is 5.75 Å². The molecule has 1 aliphatic rings. The van der Waals surface area contributed by atoms with E-state index in [1.54, 1.807) is 76.0 Å². The average Bonchev–Trinajstić information content (AvgIpc) is 3.42. The van der Waals surface area contributed by atoms with E-state index in [0.717, 1.165) is 23.5 Å². The minimum Gasteiger partial charge on any atom is -0.508 e. The fraction of sp³-hybridized carbons (Fsp3) is 0.389. The monoisotopic (exact) mass is 712 g/mol. The molecule has 0 saturated heterocycles. The summed E-state index contributed by atoms with van der Waals surface area (Å²) in [4.78, 5) is 48.5. The first-order chi connectivity index (χ1) is 23.1. The quantitative estimate of drug-likeness (QED) is 0.208. The number of nitrogens with zero attached hydrogens (tertiary/aromatic N) is 4. The van der Waals surface area contributed by atoms with Crippen LogP contribution in [0.1, 0.15) is 72.2 Å². The van der Waals surface area contributed by atoms with Gasteiger partial charge >= 0.3 is 6.09 Å². The van der Waals surface area contributed by atoms with Gasteiger partial charge in [0.25, 0.3) is 11.8 Å². The van der Waals surface area contributed by atoms with Crippen LogP contribution in [0.25, 0.3) is 21.2 Å². The van der Waals surface area contributed by atoms with Crippen molar-refractivity contribution in [1.29, 1.82) is 0 Å². The van der Waals surface area contributed by atoms with Crippen molar-refractivity contribution in [3.8, 4) is 16.9 Å². The van der Waals surface area contributed by atoms with E-state index in [4.69, 9.17) is 16.3 Å². The Morgan fingerprint density at radius 2 is 1.57 bits per heavy atom. The third-order valence-electron chi connectivity index (χ3n) is 8.61. The van der Waals surface area contributed by atoms with Gasteiger partial charge in [-0.2, -0.15) is 0 Å². The lowest BCUT2D eigenvalue weighted by atomic mass is 9.89. The second-order valence-corrected chi connectivity index (χ2v) is 14.8. The third-order valence-corrected chi connectivity index (χ3v) is 10.3. The molecule has 0 unspecified atom stereocenters.